The molecule has 1 aliphatic rings. The van der Waals surface area contributed by atoms with Crippen LogP contribution < -0.4 is 5.43 Å². The van der Waals surface area contributed by atoms with Crippen LogP contribution in [0.25, 0.3) is 10.9 Å². The smallest absolute Gasteiger partial charge is 0.189 e. The van der Waals surface area contributed by atoms with Gasteiger partial charge in [0.2, 0.25) is 0 Å². The number of nitrogens with zero attached hydrogens (tertiary/aromatic N) is 1. The summed E-state index contributed by atoms with van der Waals surface area (Å²) in [7, 11) is 0. The van der Waals surface area contributed by atoms with E-state index in [1.165, 1.54) is 25.7 Å². The highest BCUT2D eigenvalue weighted by Crippen LogP contribution is 2.33. The van der Waals surface area contributed by atoms with E-state index in [1.807, 2.05) is 19.1 Å². The number of hydrogen-bond donors (Lipinski definition) is 0. The molecule has 1 aliphatic carbocycles. The normalized spacial score (nSPS) is 16.6. The summed E-state index contributed by atoms with van der Waals surface area (Å²) in [6.45, 7) is 2.04. The minimum absolute atomic E-state index is 0.129. The Bertz CT molecular complexity index is 653. The summed E-state index contributed by atoms with van der Waals surface area (Å²) in [4.78, 5) is 12.0. The maximum Gasteiger partial charge on any atom is 0.189 e. The molecule has 1 fully saturated rings. The molecule has 0 radical (unpaired) electrons. The molecule has 3 heteroatoms. The monoisotopic (exact) mass is 305 g/mol. The zero-order chi connectivity index (χ0) is 12.7. The summed E-state index contributed by atoms with van der Waals surface area (Å²) in [6, 6.07) is 8.27. The van der Waals surface area contributed by atoms with Crippen molar-refractivity contribution in [2.75, 3.05) is 0 Å². The van der Waals surface area contributed by atoms with Crippen molar-refractivity contribution in [2.24, 2.45) is 0 Å². The van der Waals surface area contributed by atoms with Gasteiger partial charge >= 0.3 is 0 Å². The quantitative estimate of drug-likeness (QED) is 0.774. The van der Waals surface area contributed by atoms with Crippen molar-refractivity contribution in [2.45, 2.75) is 38.6 Å². The van der Waals surface area contributed by atoms with E-state index in [-0.39, 0.29) is 5.43 Å². The summed E-state index contributed by atoms with van der Waals surface area (Å²) in [6.07, 6.45) is 5.05. The Morgan fingerprint density at radius 3 is 2.67 bits per heavy atom. The first-order valence-electron chi connectivity index (χ1n) is 6.48. The highest BCUT2D eigenvalue weighted by Gasteiger charge is 2.20. The topological polar surface area (TPSA) is 22.0 Å². The van der Waals surface area contributed by atoms with E-state index >= 15 is 0 Å². The molecule has 1 heterocycles. The van der Waals surface area contributed by atoms with Crippen LogP contribution in [-0.2, 0) is 0 Å². The summed E-state index contributed by atoms with van der Waals surface area (Å²) in [5, 5.41) is 0.829. The van der Waals surface area contributed by atoms with Crippen molar-refractivity contribution in [1.29, 1.82) is 0 Å². The lowest BCUT2D eigenvalue weighted by atomic mass is 10.1. The Hall–Kier alpha value is -1.09. The number of rotatable bonds is 1. The number of benzene rings is 1. The Morgan fingerprint density at radius 2 is 1.94 bits per heavy atom. The lowest BCUT2D eigenvalue weighted by Gasteiger charge is -2.21. The second-order valence-electron chi connectivity index (χ2n) is 5.12. The number of hydrogen-bond acceptors (Lipinski definition) is 1. The van der Waals surface area contributed by atoms with Crippen LogP contribution in [0.15, 0.2) is 33.5 Å². The average Bonchev–Trinajstić information content (AvgIpc) is 2.82. The molecular weight excluding hydrogens is 290 g/mol. The van der Waals surface area contributed by atoms with Crippen LogP contribution in [0, 0.1) is 6.92 Å². The molecule has 3 rings (SSSR count). The fourth-order valence-electron chi connectivity index (χ4n) is 3.09. The van der Waals surface area contributed by atoms with Crippen LogP contribution in [0.3, 0.4) is 0 Å². The fourth-order valence-corrected chi connectivity index (χ4v) is 3.44. The number of halogens is 1. The average molecular weight is 306 g/mol. The standard InChI is InChI=1S/C15H16BrNO/c1-10-8-15(18)13-7-6-11(16)9-14(13)17(10)12-4-2-3-5-12/h6-9,12H,2-5H2,1H3. The molecule has 1 aromatic heterocycles. The number of aromatic nitrogens is 1. The van der Waals surface area contributed by atoms with Crippen molar-refractivity contribution < 1.29 is 0 Å². The zero-order valence-electron chi connectivity index (χ0n) is 10.4. The lowest BCUT2D eigenvalue weighted by molar-refractivity contribution is 0.521. The van der Waals surface area contributed by atoms with Gasteiger partial charge in [-0.2, -0.15) is 0 Å². The lowest BCUT2D eigenvalue weighted by Crippen LogP contribution is -2.15. The Balaban J connectivity index is 2.34. The van der Waals surface area contributed by atoms with Crippen molar-refractivity contribution in [1.82, 2.24) is 4.57 Å². The third kappa shape index (κ3) is 1.91. The second kappa shape index (κ2) is 4.54. The summed E-state index contributed by atoms with van der Waals surface area (Å²) >= 11 is 3.51. The SMILES string of the molecule is Cc1cc(=O)c2ccc(Br)cc2n1C1CCCC1. The molecule has 0 spiro atoms. The van der Waals surface area contributed by atoms with Crippen molar-refractivity contribution in [3.63, 3.8) is 0 Å². The number of pyridine rings is 1. The highest BCUT2D eigenvalue weighted by atomic mass is 79.9. The molecule has 1 saturated carbocycles. The van der Waals surface area contributed by atoms with Crippen LogP contribution >= 0.6 is 15.9 Å². The van der Waals surface area contributed by atoms with Crippen LogP contribution in [0.2, 0.25) is 0 Å². The first-order chi connectivity index (χ1) is 8.66. The van der Waals surface area contributed by atoms with E-state index in [0.717, 1.165) is 21.1 Å². The van der Waals surface area contributed by atoms with Gasteiger partial charge in [0.1, 0.15) is 0 Å². The minimum Gasteiger partial charge on any atom is -0.342 e. The molecule has 0 bridgehead atoms. The van der Waals surface area contributed by atoms with Gasteiger partial charge in [-0.3, -0.25) is 4.79 Å². The molecule has 0 N–H and O–H groups in total. The van der Waals surface area contributed by atoms with Gasteiger partial charge in [-0.25, -0.2) is 0 Å². The summed E-state index contributed by atoms with van der Waals surface area (Å²) < 4.78 is 3.39. The maximum atomic E-state index is 12.0. The predicted octanol–water partition coefficient (Wildman–Crippen LogP) is 4.19. The highest BCUT2D eigenvalue weighted by molar-refractivity contribution is 9.10. The Labute approximate surface area is 115 Å². The fraction of sp³-hybridized carbons (Fsp3) is 0.400. The summed E-state index contributed by atoms with van der Waals surface area (Å²) in [5.74, 6) is 0. The van der Waals surface area contributed by atoms with Gasteiger partial charge in [-0.1, -0.05) is 28.8 Å². The van der Waals surface area contributed by atoms with Gasteiger partial charge in [-0.05, 0) is 38.0 Å². The van der Waals surface area contributed by atoms with Gasteiger partial charge in [0.15, 0.2) is 5.43 Å². The molecule has 18 heavy (non-hydrogen) atoms. The second-order valence-corrected chi connectivity index (χ2v) is 6.04. The largest absolute Gasteiger partial charge is 0.342 e. The number of aryl methyl sites for hydroxylation is 1. The Kier molecular flexibility index (Phi) is 3.02. The first kappa shape index (κ1) is 12.0. The van der Waals surface area contributed by atoms with Crippen LogP contribution in [-0.4, -0.2) is 4.57 Å². The zero-order valence-corrected chi connectivity index (χ0v) is 12.0. The molecule has 0 saturated heterocycles. The maximum absolute atomic E-state index is 12.0. The van der Waals surface area contributed by atoms with Crippen molar-refractivity contribution in [3.8, 4) is 0 Å². The van der Waals surface area contributed by atoms with E-state index in [1.54, 1.807) is 6.07 Å². The van der Waals surface area contributed by atoms with E-state index in [2.05, 4.69) is 26.6 Å². The molecule has 0 amide bonds. The van der Waals surface area contributed by atoms with E-state index in [9.17, 15) is 4.79 Å². The van der Waals surface area contributed by atoms with Gasteiger partial charge in [-0.15, -0.1) is 0 Å². The van der Waals surface area contributed by atoms with Crippen molar-refractivity contribution in [3.05, 3.63) is 44.7 Å². The molecular formula is C15H16BrNO. The molecule has 94 valence electrons. The van der Waals surface area contributed by atoms with E-state index < -0.39 is 0 Å². The van der Waals surface area contributed by atoms with Crippen LogP contribution in [0.5, 0.6) is 0 Å². The molecule has 0 unspecified atom stereocenters. The van der Waals surface area contributed by atoms with E-state index in [4.69, 9.17) is 0 Å². The van der Waals surface area contributed by atoms with Crippen LogP contribution in [0.1, 0.15) is 37.4 Å². The first-order valence-corrected chi connectivity index (χ1v) is 7.27. The molecule has 0 atom stereocenters. The molecule has 2 nitrogen and oxygen atoms in total. The molecule has 2 aromatic rings. The number of fused-ring (bicyclic) bond motifs is 1. The van der Waals surface area contributed by atoms with Gasteiger partial charge in [0.05, 0.1) is 5.52 Å². The predicted molar refractivity (Wildman–Crippen MR) is 78.2 cm³/mol. The Morgan fingerprint density at radius 1 is 1.22 bits per heavy atom. The van der Waals surface area contributed by atoms with Gasteiger partial charge in [0, 0.05) is 27.7 Å². The van der Waals surface area contributed by atoms with Gasteiger partial charge < -0.3 is 4.57 Å². The van der Waals surface area contributed by atoms with Crippen LogP contribution in [0.4, 0.5) is 0 Å². The third-order valence-corrected chi connectivity index (χ3v) is 4.39. The third-order valence-electron chi connectivity index (χ3n) is 3.89. The molecule has 0 aliphatic heterocycles. The van der Waals surface area contributed by atoms with Gasteiger partial charge in [0.25, 0.3) is 0 Å². The summed E-state index contributed by atoms with van der Waals surface area (Å²) in [5.41, 5.74) is 2.28. The van der Waals surface area contributed by atoms with Crippen molar-refractivity contribution >= 4 is 26.8 Å². The minimum atomic E-state index is 0.129. The van der Waals surface area contributed by atoms with E-state index in [0.29, 0.717) is 6.04 Å². The molecule has 1 aromatic carbocycles.